The number of aromatic amines is 1. The van der Waals surface area contributed by atoms with Crippen LogP contribution in [0.1, 0.15) is 30.9 Å². The molecular weight excluding hydrogens is 276 g/mol. The van der Waals surface area contributed by atoms with Gasteiger partial charge in [-0.05, 0) is 66.9 Å². The molecule has 110 valence electrons. The second-order valence-electron chi connectivity index (χ2n) is 5.44. The Morgan fingerprint density at radius 3 is 2.81 bits per heavy atom. The van der Waals surface area contributed by atoms with Gasteiger partial charge in [0.15, 0.2) is 0 Å². The van der Waals surface area contributed by atoms with Crippen LogP contribution in [-0.4, -0.2) is 11.5 Å². The third-order valence-electron chi connectivity index (χ3n) is 4.03. The van der Waals surface area contributed by atoms with Crippen LogP contribution in [-0.2, 0) is 12.8 Å². The molecule has 0 radical (unpaired) electrons. The van der Waals surface area contributed by atoms with Crippen LogP contribution >= 0.6 is 11.3 Å². The van der Waals surface area contributed by atoms with Crippen LogP contribution in [0.5, 0.6) is 0 Å². The molecule has 0 atom stereocenters. The highest BCUT2D eigenvalue weighted by Crippen LogP contribution is 2.34. The zero-order valence-electron chi connectivity index (χ0n) is 12.5. The van der Waals surface area contributed by atoms with Gasteiger partial charge < -0.3 is 10.7 Å². The first-order valence-corrected chi connectivity index (χ1v) is 8.59. The van der Waals surface area contributed by atoms with Crippen molar-refractivity contribution in [2.75, 3.05) is 6.54 Å². The van der Waals surface area contributed by atoms with Gasteiger partial charge in [0.2, 0.25) is 0 Å². The van der Waals surface area contributed by atoms with Crippen molar-refractivity contribution in [3.63, 3.8) is 0 Å². The van der Waals surface area contributed by atoms with E-state index in [1.165, 1.54) is 32.6 Å². The molecule has 3 rings (SSSR count). The molecule has 21 heavy (non-hydrogen) atoms. The van der Waals surface area contributed by atoms with E-state index in [1.54, 1.807) is 11.3 Å². The maximum Gasteiger partial charge on any atom is 0.0598 e. The Hall–Kier alpha value is -1.58. The van der Waals surface area contributed by atoms with Crippen LogP contribution in [0.3, 0.4) is 0 Å². The lowest BCUT2D eigenvalue weighted by Crippen LogP contribution is -1.99. The van der Waals surface area contributed by atoms with Gasteiger partial charge in [-0.3, -0.25) is 0 Å². The van der Waals surface area contributed by atoms with E-state index in [9.17, 15) is 0 Å². The Morgan fingerprint density at radius 2 is 2.10 bits per heavy atom. The molecule has 0 bridgehead atoms. The average Bonchev–Trinajstić information content (AvgIpc) is 3.14. The summed E-state index contributed by atoms with van der Waals surface area (Å²) in [4.78, 5) is 4.95. The Labute approximate surface area is 130 Å². The maximum absolute atomic E-state index is 5.65. The fourth-order valence-corrected chi connectivity index (χ4v) is 3.60. The van der Waals surface area contributed by atoms with Crippen LogP contribution in [0, 0.1) is 0 Å². The van der Waals surface area contributed by atoms with E-state index in [4.69, 9.17) is 5.73 Å². The molecule has 0 aliphatic rings. The summed E-state index contributed by atoms with van der Waals surface area (Å²) in [6.45, 7) is 2.99. The summed E-state index contributed by atoms with van der Waals surface area (Å²) in [6.07, 6.45) is 4.41. The van der Waals surface area contributed by atoms with Crippen LogP contribution in [0.2, 0.25) is 0 Å². The maximum atomic E-state index is 5.65. The van der Waals surface area contributed by atoms with E-state index < -0.39 is 0 Å². The van der Waals surface area contributed by atoms with Gasteiger partial charge in [0, 0.05) is 10.9 Å². The number of hydrogen-bond donors (Lipinski definition) is 2. The zero-order valence-corrected chi connectivity index (χ0v) is 13.3. The Balaban J connectivity index is 2.09. The lowest BCUT2D eigenvalue weighted by molar-refractivity contribution is 0.748. The second-order valence-corrected chi connectivity index (χ2v) is 6.38. The molecule has 0 unspecified atom stereocenters. The molecule has 0 aliphatic heterocycles. The predicted octanol–water partition coefficient (Wildman–Crippen LogP) is 4.74. The summed E-state index contributed by atoms with van der Waals surface area (Å²) in [6, 6.07) is 11.1. The summed E-state index contributed by atoms with van der Waals surface area (Å²) in [5.74, 6) is 0. The molecule has 3 N–H and O–H groups in total. The molecule has 2 heterocycles. The van der Waals surface area contributed by atoms with E-state index in [0.717, 1.165) is 32.2 Å². The molecule has 0 amide bonds. The zero-order chi connectivity index (χ0) is 14.7. The number of benzene rings is 1. The number of aryl methyl sites for hydroxylation is 2. The van der Waals surface area contributed by atoms with Gasteiger partial charge in [-0.25, -0.2) is 0 Å². The molecular formula is C18H22N2S. The van der Waals surface area contributed by atoms with Crippen molar-refractivity contribution in [2.24, 2.45) is 5.73 Å². The smallest absolute Gasteiger partial charge is 0.0598 e. The lowest BCUT2D eigenvalue weighted by atomic mass is 10.0. The van der Waals surface area contributed by atoms with Crippen LogP contribution in [0.25, 0.3) is 21.5 Å². The number of nitrogens with one attached hydrogen (secondary N) is 1. The van der Waals surface area contributed by atoms with E-state index in [2.05, 4.69) is 47.6 Å². The number of unbranched alkanes of at least 4 members (excludes halogenated alkanes) is 1. The van der Waals surface area contributed by atoms with Crippen LogP contribution in [0.4, 0.5) is 0 Å². The Kier molecular flexibility index (Phi) is 4.42. The minimum Gasteiger partial charge on any atom is -0.354 e. The number of aromatic nitrogens is 1. The van der Waals surface area contributed by atoms with E-state index in [0.29, 0.717) is 0 Å². The van der Waals surface area contributed by atoms with Gasteiger partial charge in [-0.15, -0.1) is 11.3 Å². The van der Waals surface area contributed by atoms with E-state index in [-0.39, 0.29) is 0 Å². The molecule has 0 fully saturated rings. The molecule has 3 heteroatoms. The summed E-state index contributed by atoms with van der Waals surface area (Å²) in [5.41, 5.74) is 11.1. The fourth-order valence-electron chi connectivity index (χ4n) is 2.85. The van der Waals surface area contributed by atoms with E-state index >= 15 is 0 Å². The highest BCUT2D eigenvalue weighted by molar-refractivity contribution is 7.13. The molecule has 0 saturated carbocycles. The van der Waals surface area contributed by atoms with Gasteiger partial charge in [-0.1, -0.05) is 19.1 Å². The normalized spacial score (nSPS) is 11.3. The third-order valence-corrected chi connectivity index (χ3v) is 4.91. The molecule has 0 aliphatic carbocycles. The SMILES string of the molecule is CCc1ccc2[nH]c(-c3cccs3)c(CCCCN)c2c1. The van der Waals surface area contributed by atoms with Crippen LogP contribution < -0.4 is 5.73 Å². The fraction of sp³-hybridized carbons (Fsp3) is 0.333. The quantitative estimate of drug-likeness (QED) is 0.634. The number of thiophene rings is 1. The topological polar surface area (TPSA) is 41.8 Å². The molecule has 0 spiro atoms. The highest BCUT2D eigenvalue weighted by atomic mass is 32.1. The summed E-state index contributed by atoms with van der Waals surface area (Å²) < 4.78 is 0. The van der Waals surface area contributed by atoms with Crippen molar-refractivity contribution in [1.29, 1.82) is 0 Å². The van der Waals surface area contributed by atoms with Crippen molar-refractivity contribution in [3.8, 4) is 10.6 Å². The van der Waals surface area contributed by atoms with Gasteiger partial charge >= 0.3 is 0 Å². The number of rotatable bonds is 6. The van der Waals surface area contributed by atoms with Gasteiger partial charge in [-0.2, -0.15) is 0 Å². The van der Waals surface area contributed by atoms with Crippen molar-refractivity contribution in [3.05, 3.63) is 46.8 Å². The second kappa shape index (κ2) is 6.46. The number of nitrogens with two attached hydrogens (primary N) is 1. The molecule has 2 aromatic heterocycles. The molecule has 1 aromatic carbocycles. The van der Waals surface area contributed by atoms with Gasteiger partial charge in [0.1, 0.15) is 0 Å². The minimum atomic E-state index is 0.775. The average molecular weight is 298 g/mol. The number of fused-ring (bicyclic) bond motifs is 1. The minimum absolute atomic E-state index is 0.775. The van der Waals surface area contributed by atoms with E-state index in [1.807, 2.05) is 0 Å². The predicted molar refractivity (Wildman–Crippen MR) is 93.0 cm³/mol. The van der Waals surface area contributed by atoms with Crippen molar-refractivity contribution < 1.29 is 0 Å². The monoisotopic (exact) mass is 298 g/mol. The molecule has 0 saturated heterocycles. The van der Waals surface area contributed by atoms with Gasteiger partial charge in [0.05, 0.1) is 10.6 Å². The van der Waals surface area contributed by atoms with Crippen molar-refractivity contribution >= 4 is 22.2 Å². The number of hydrogen-bond acceptors (Lipinski definition) is 2. The first kappa shape index (κ1) is 14.4. The molecule has 3 aromatic rings. The summed E-state index contributed by atoms with van der Waals surface area (Å²) in [5, 5.41) is 3.52. The summed E-state index contributed by atoms with van der Waals surface area (Å²) in [7, 11) is 0. The van der Waals surface area contributed by atoms with Crippen molar-refractivity contribution in [2.45, 2.75) is 32.6 Å². The first-order chi connectivity index (χ1) is 10.3. The highest BCUT2D eigenvalue weighted by Gasteiger charge is 2.13. The number of H-pyrrole nitrogens is 1. The van der Waals surface area contributed by atoms with Crippen molar-refractivity contribution in [1.82, 2.24) is 4.98 Å². The lowest BCUT2D eigenvalue weighted by Gasteiger charge is -2.04. The Bertz CT molecular complexity index is 710. The van der Waals surface area contributed by atoms with Gasteiger partial charge in [0.25, 0.3) is 0 Å². The molecule has 2 nitrogen and oxygen atoms in total. The Morgan fingerprint density at radius 1 is 1.19 bits per heavy atom. The first-order valence-electron chi connectivity index (χ1n) is 7.71. The van der Waals surface area contributed by atoms with Crippen LogP contribution in [0.15, 0.2) is 35.7 Å². The third kappa shape index (κ3) is 2.89. The summed E-state index contributed by atoms with van der Waals surface area (Å²) >= 11 is 1.80. The largest absolute Gasteiger partial charge is 0.354 e. The standard InChI is InChI=1S/C18H22N2S/c1-2-13-8-9-16-15(12-13)14(6-3-4-10-19)18(20-16)17-7-5-11-21-17/h5,7-9,11-12,20H,2-4,6,10,19H2,1H3.